The number of hydrogen-bond donors (Lipinski definition) is 2. The highest BCUT2D eigenvalue weighted by atomic mass is 19.1. The molecule has 0 aromatic heterocycles. The van der Waals surface area contributed by atoms with Crippen molar-refractivity contribution in [2.75, 3.05) is 19.8 Å². The van der Waals surface area contributed by atoms with Crippen LogP contribution in [0.15, 0.2) is 65.4 Å². The fourth-order valence-electron chi connectivity index (χ4n) is 2.05. The van der Waals surface area contributed by atoms with Gasteiger partial charge < -0.3 is 20.3 Å². The third-order valence-corrected chi connectivity index (χ3v) is 3.61. The van der Waals surface area contributed by atoms with Crippen LogP contribution in [-0.2, 0) is 9.53 Å². The Morgan fingerprint density at radius 2 is 1.96 bits per heavy atom. The maximum Gasteiger partial charge on any atom is 0.335 e. The lowest BCUT2D eigenvalue weighted by Gasteiger charge is -2.06. The Morgan fingerprint density at radius 3 is 2.61 bits per heavy atom. The Labute approximate surface area is 164 Å². The summed E-state index contributed by atoms with van der Waals surface area (Å²) < 4.78 is 23.7. The van der Waals surface area contributed by atoms with Gasteiger partial charge in [-0.1, -0.05) is 12.7 Å². The molecule has 0 aliphatic rings. The molecule has 3 N–H and O–H groups in total. The van der Waals surface area contributed by atoms with Crippen molar-refractivity contribution in [1.29, 1.82) is 0 Å². The minimum absolute atomic E-state index is 0.0768. The first-order valence-electron chi connectivity index (χ1n) is 8.96. The largest absolute Gasteiger partial charge is 0.494 e. The van der Waals surface area contributed by atoms with Crippen LogP contribution in [0.2, 0.25) is 0 Å². The van der Waals surface area contributed by atoms with Gasteiger partial charge >= 0.3 is 5.97 Å². The fraction of sp³-hybridized carbons (Fsp3) is 0.333. The van der Waals surface area contributed by atoms with E-state index in [1.54, 1.807) is 25.1 Å². The summed E-state index contributed by atoms with van der Waals surface area (Å²) in [5, 5.41) is 8.88. The molecule has 0 aliphatic heterocycles. The molecule has 1 aromatic rings. The van der Waals surface area contributed by atoms with Gasteiger partial charge in [-0.3, -0.25) is 4.99 Å². The standard InChI is InChI=1S/C21H27FN2O4/c1-3-17(21(25)26)8-7-16(2)28-15-20(23)24-13-5-4-6-14-27-19-11-9-18(22)10-12-19/h3,7-12H,1,4-6,13-15H2,2H3,(H2,23,24)(H,25,26)/b16-7+,17-8+. The van der Waals surface area contributed by atoms with E-state index in [4.69, 9.17) is 20.3 Å². The van der Waals surface area contributed by atoms with E-state index in [0.717, 1.165) is 19.3 Å². The van der Waals surface area contributed by atoms with Crippen LogP contribution >= 0.6 is 0 Å². The van der Waals surface area contributed by atoms with Crippen LogP contribution in [0.5, 0.6) is 5.75 Å². The van der Waals surface area contributed by atoms with Crippen molar-refractivity contribution in [3.8, 4) is 5.75 Å². The van der Waals surface area contributed by atoms with Gasteiger partial charge in [0.05, 0.1) is 17.9 Å². The van der Waals surface area contributed by atoms with Crippen molar-refractivity contribution < 1.29 is 23.8 Å². The van der Waals surface area contributed by atoms with E-state index in [2.05, 4.69) is 11.6 Å². The second kappa shape index (κ2) is 13.1. The molecule has 0 heterocycles. The average Bonchev–Trinajstić information content (AvgIpc) is 2.67. The zero-order chi connectivity index (χ0) is 20.8. The summed E-state index contributed by atoms with van der Waals surface area (Å²) in [6.07, 6.45) is 6.87. The van der Waals surface area contributed by atoms with Crippen molar-refractivity contribution >= 4 is 11.8 Å². The minimum atomic E-state index is -1.05. The topological polar surface area (TPSA) is 94.1 Å². The Bertz CT molecular complexity index is 724. The number of unbranched alkanes of at least 4 members (excludes halogenated alkanes) is 2. The van der Waals surface area contributed by atoms with Gasteiger partial charge in [0.25, 0.3) is 0 Å². The number of ether oxygens (including phenoxy) is 2. The summed E-state index contributed by atoms with van der Waals surface area (Å²) in [4.78, 5) is 15.1. The third kappa shape index (κ3) is 10.2. The summed E-state index contributed by atoms with van der Waals surface area (Å²) in [6.45, 7) is 6.43. The fourth-order valence-corrected chi connectivity index (χ4v) is 2.05. The first-order valence-corrected chi connectivity index (χ1v) is 8.96. The lowest BCUT2D eigenvalue weighted by atomic mass is 10.2. The van der Waals surface area contributed by atoms with Gasteiger partial charge in [0.1, 0.15) is 24.0 Å². The summed E-state index contributed by atoms with van der Waals surface area (Å²) in [7, 11) is 0. The van der Waals surface area contributed by atoms with Crippen LogP contribution in [0.1, 0.15) is 26.2 Å². The van der Waals surface area contributed by atoms with Crippen molar-refractivity contribution in [1.82, 2.24) is 0 Å². The number of carboxylic acids is 1. The van der Waals surface area contributed by atoms with E-state index in [0.29, 0.717) is 30.5 Å². The number of carboxylic acid groups (broad SMARTS) is 1. The Morgan fingerprint density at radius 1 is 1.25 bits per heavy atom. The number of benzene rings is 1. The molecular weight excluding hydrogens is 363 g/mol. The molecule has 0 spiro atoms. The van der Waals surface area contributed by atoms with E-state index in [1.807, 2.05) is 0 Å². The van der Waals surface area contributed by atoms with Gasteiger partial charge in [0.2, 0.25) is 0 Å². The molecular formula is C21H27FN2O4. The molecule has 0 amide bonds. The molecule has 6 nitrogen and oxygen atoms in total. The Kier molecular flexibility index (Phi) is 10.8. The van der Waals surface area contributed by atoms with Crippen LogP contribution in [0.3, 0.4) is 0 Å². The maximum absolute atomic E-state index is 12.8. The Balaban J connectivity index is 2.18. The SMILES string of the molecule is C=C/C(=C\C=C(/C)OCC(N)=NCCCCCOc1ccc(F)cc1)C(=O)O. The number of rotatable bonds is 13. The highest BCUT2D eigenvalue weighted by Crippen LogP contribution is 2.11. The lowest BCUT2D eigenvalue weighted by molar-refractivity contribution is -0.132. The molecule has 1 aromatic carbocycles. The molecule has 0 atom stereocenters. The molecule has 152 valence electrons. The van der Waals surface area contributed by atoms with Gasteiger partial charge in [-0.2, -0.15) is 0 Å². The molecule has 1 rings (SSSR count). The predicted octanol–water partition coefficient (Wildman–Crippen LogP) is 3.85. The smallest absolute Gasteiger partial charge is 0.335 e. The zero-order valence-corrected chi connectivity index (χ0v) is 16.1. The number of amidine groups is 1. The van der Waals surface area contributed by atoms with Crippen molar-refractivity contribution in [2.45, 2.75) is 26.2 Å². The summed E-state index contributed by atoms with van der Waals surface area (Å²) >= 11 is 0. The highest BCUT2D eigenvalue weighted by molar-refractivity contribution is 5.90. The highest BCUT2D eigenvalue weighted by Gasteiger charge is 2.00. The molecule has 0 radical (unpaired) electrons. The van der Waals surface area contributed by atoms with Gasteiger partial charge in [0.15, 0.2) is 0 Å². The van der Waals surface area contributed by atoms with Crippen molar-refractivity contribution in [3.63, 3.8) is 0 Å². The molecule has 7 heteroatoms. The van der Waals surface area contributed by atoms with Gasteiger partial charge in [-0.25, -0.2) is 9.18 Å². The molecule has 0 unspecified atom stereocenters. The van der Waals surface area contributed by atoms with Gasteiger partial charge in [-0.05, 0) is 62.6 Å². The quantitative estimate of drug-likeness (QED) is 0.133. The first kappa shape index (κ1) is 23.0. The van der Waals surface area contributed by atoms with Crippen molar-refractivity contribution in [3.05, 3.63) is 66.2 Å². The normalized spacial score (nSPS) is 12.6. The number of hydrogen-bond acceptors (Lipinski definition) is 4. The number of halogens is 1. The molecule has 0 saturated carbocycles. The lowest BCUT2D eigenvalue weighted by Crippen LogP contribution is -2.19. The van der Waals surface area contributed by atoms with Crippen LogP contribution in [0, 0.1) is 5.82 Å². The number of allylic oxidation sites excluding steroid dienone is 3. The first-order chi connectivity index (χ1) is 13.4. The van der Waals surface area contributed by atoms with E-state index in [9.17, 15) is 9.18 Å². The molecule has 0 aliphatic carbocycles. The molecule has 0 bridgehead atoms. The zero-order valence-electron chi connectivity index (χ0n) is 16.1. The number of aliphatic carboxylic acids is 1. The van der Waals surface area contributed by atoms with Crippen LogP contribution in [0.25, 0.3) is 0 Å². The average molecular weight is 390 g/mol. The van der Waals surface area contributed by atoms with E-state index >= 15 is 0 Å². The van der Waals surface area contributed by atoms with Crippen molar-refractivity contribution in [2.24, 2.45) is 10.7 Å². The van der Waals surface area contributed by atoms with E-state index in [-0.39, 0.29) is 18.0 Å². The van der Waals surface area contributed by atoms with Gasteiger partial charge in [-0.15, -0.1) is 0 Å². The Hall–Kier alpha value is -3.09. The summed E-state index contributed by atoms with van der Waals surface area (Å²) in [5.74, 6) is 0.222. The third-order valence-electron chi connectivity index (χ3n) is 3.61. The molecule has 28 heavy (non-hydrogen) atoms. The van der Waals surface area contributed by atoms with E-state index < -0.39 is 5.97 Å². The predicted molar refractivity (Wildman–Crippen MR) is 108 cm³/mol. The summed E-state index contributed by atoms with van der Waals surface area (Å²) in [5.41, 5.74) is 5.88. The second-order valence-corrected chi connectivity index (χ2v) is 5.93. The monoisotopic (exact) mass is 390 g/mol. The second-order valence-electron chi connectivity index (χ2n) is 5.93. The van der Waals surface area contributed by atoms with Crippen LogP contribution in [-0.4, -0.2) is 36.7 Å². The number of carbonyl (C=O) groups is 1. The van der Waals surface area contributed by atoms with Gasteiger partial charge in [0, 0.05) is 6.54 Å². The maximum atomic E-state index is 12.8. The van der Waals surface area contributed by atoms with E-state index in [1.165, 1.54) is 24.3 Å². The number of nitrogens with zero attached hydrogens (tertiary/aromatic N) is 1. The minimum Gasteiger partial charge on any atom is -0.494 e. The van der Waals surface area contributed by atoms with Crippen LogP contribution < -0.4 is 10.5 Å². The molecule has 0 fully saturated rings. The summed E-state index contributed by atoms with van der Waals surface area (Å²) in [6, 6.07) is 5.94. The number of nitrogens with two attached hydrogens (primary N) is 1. The molecule has 0 saturated heterocycles. The number of aliphatic imine (C=N–C) groups is 1. The van der Waals surface area contributed by atoms with Crippen LogP contribution in [0.4, 0.5) is 4.39 Å².